The van der Waals surface area contributed by atoms with Gasteiger partial charge in [-0.15, -0.1) is 0 Å². The maximum atomic E-state index is 12.9. The van der Waals surface area contributed by atoms with Crippen molar-refractivity contribution < 1.29 is 14.3 Å². The molecule has 7 nitrogen and oxygen atoms in total. The van der Waals surface area contributed by atoms with E-state index in [-0.39, 0.29) is 24.5 Å². The van der Waals surface area contributed by atoms with Gasteiger partial charge in [0.1, 0.15) is 13.2 Å². The van der Waals surface area contributed by atoms with Crippen LogP contribution < -0.4 is 20.3 Å². The van der Waals surface area contributed by atoms with Gasteiger partial charge in [0.25, 0.3) is 5.91 Å². The van der Waals surface area contributed by atoms with Gasteiger partial charge in [0.15, 0.2) is 16.9 Å². The molecular weight excluding hydrogens is 594 g/mol. The molecule has 1 N–H and O–H groups in total. The number of carbonyl (C=O) groups is 1. The zero-order chi connectivity index (χ0) is 28.1. The Morgan fingerprint density at radius 1 is 0.975 bits per heavy atom. The van der Waals surface area contributed by atoms with Crippen molar-refractivity contribution in [3.8, 4) is 11.5 Å². The summed E-state index contributed by atoms with van der Waals surface area (Å²) in [5.74, 6) is 0.738. The molecule has 4 aromatic carbocycles. The van der Waals surface area contributed by atoms with Crippen molar-refractivity contribution in [1.82, 2.24) is 9.99 Å². The number of nitrogens with zero attached hydrogens (tertiary/aromatic N) is 2. The Hall–Kier alpha value is -4.14. The highest BCUT2D eigenvalue weighted by Gasteiger charge is 2.14. The average Bonchev–Trinajstić information content (AvgIpc) is 2.96. The van der Waals surface area contributed by atoms with Crippen LogP contribution in [0.25, 0.3) is 21.8 Å². The lowest BCUT2D eigenvalue weighted by Gasteiger charge is -2.15. The van der Waals surface area contributed by atoms with Crippen LogP contribution in [0.2, 0.25) is 5.02 Å². The third-order valence-electron chi connectivity index (χ3n) is 6.25. The van der Waals surface area contributed by atoms with Crippen LogP contribution in [0.15, 0.2) is 99.3 Å². The van der Waals surface area contributed by atoms with Gasteiger partial charge in [-0.3, -0.25) is 9.59 Å². The molecule has 0 saturated carbocycles. The second kappa shape index (κ2) is 12.4. The van der Waals surface area contributed by atoms with Gasteiger partial charge in [-0.2, -0.15) is 5.10 Å². The van der Waals surface area contributed by atoms with Gasteiger partial charge in [0, 0.05) is 21.4 Å². The maximum Gasteiger partial charge on any atom is 0.260 e. The quantitative estimate of drug-likeness (QED) is 0.113. The first-order valence-corrected chi connectivity index (χ1v) is 13.8. The van der Waals surface area contributed by atoms with E-state index >= 15 is 0 Å². The largest absolute Gasteiger partial charge is 0.490 e. The highest BCUT2D eigenvalue weighted by molar-refractivity contribution is 9.10. The number of halogens is 2. The van der Waals surface area contributed by atoms with E-state index in [1.807, 2.05) is 78.2 Å². The zero-order valence-electron chi connectivity index (χ0n) is 21.6. The Kier molecular flexibility index (Phi) is 8.48. The van der Waals surface area contributed by atoms with Gasteiger partial charge in [0.2, 0.25) is 0 Å². The Labute approximate surface area is 244 Å². The van der Waals surface area contributed by atoms with Crippen molar-refractivity contribution in [2.24, 2.45) is 5.10 Å². The number of hydrazone groups is 1. The van der Waals surface area contributed by atoms with E-state index in [2.05, 4.69) is 26.5 Å². The predicted octanol–water partition coefficient (Wildman–Crippen LogP) is 6.70. The summed E-state index contributed by atoms with van der Waals surface area (Å²) in [5, 5.41) is 5.90. The molecule has 0 atom stereocenters. The van der Waals surface area contributed by atoms with Crippen molar-refractivity contribution in [2.45, 2.75) is 20.1 Å². The van der Waals surface area contributed by atoms with Crippen LogP contribution >= 0.6 is 27.5 Å². The minimum atomic E-state index is -0.334. The summed E-state index contributed by atoms with van der Waals surface area (Å²) in [4.78, 5) is 25.9. The van der Waals surface area contributed by atoms with Crippen LogP contribution in [0.1, 0.15) is 18.1 Å². The molecule has 0 aliphatic carbocycles. The number of hydrogen-bond donors (Lipinski definition) is 1. The Morgan fingerprint density at radius 3 is 2.30 bits per heavy atom. The number of rotatable bonds is 9. The van der Waals surface area contributed by atoms with Crippen LogP contribution in [-0.2, 0) is 17.9 Å². The van der Waals surface area contributed by atoms with Crippen LogP contribution in [0.3, 0.4) is 0 Å². The number of para-hydroxylation sites is 2. The van der Waals surface area contributed by atoms with Crippen LogP contribution in [0.4, 0.5) is 0 Å². The summed E-state index contributed by atoms with van der Waals surface area (Å²) in [5.41, 5.74) is 5.45. The Morgan fingerprint density at radius 2 is 1.62 bits per heavy atom. The molecule has 0 aliphatic heterocycles. The average molecular weight is 619 g/mol. The van der Waals surface area contributed by atoms with E-state index in [1.54, 1.807) is 18.2 Å². The van der Waals surface area contributed by atoms with Crippen molar-refractivity contribution in [3.05, 3.63) is 116 Å². The lowest BCUT2D eigenvalue weighted by molar-refractivity contribution is -0.121. The molecule has 0 aliphatic rings. The normalized spacial score (nSPS) is 11.3. The van der Waals surface area contributed by atoms with Gasteiger partial charge in [-0.05, 0) is 70.9 Å². The lowest BCUT2D eigenvalue weighted by Crippen LogP contribution is -2.25. The van der Waals surface area contributed by atoms with Gasteiger partial charge in [-0.25, -0.2) is 5.43 Å². The van der Waals surface area contributed by atoms with Crippen LogP contribution in [0, 0.1) is 0 Å². The first-order chi connectivity index (χ1) is 19.5. The molecule has 5 rings (SSSR count). The molecular formula is C31H25BrClN3O4. The molecule has 0 saturated heterocycles. The molecule has 9 heteroatoms. The molecule has 5 aromatic rings. The monoisotopic (exact) mass is 617 g/mol. The highest BCUT2D eigenvalue weighted by atomic mass is 79.9. The molecule has 40 heavy (non-hydrogen) atoms. The van der Waals surface area contributed by atoms with E-state index in [1.165, 1.54) is 6.21 Å². The second-order valence-corrected chi connectivity index (χ2v) is 10.1. The molecule has 0 unspecified atom stereocenters. The van der Waals surface area contributed by atoms with Gasteiger partial charge in [0.05, 0.1) is 28.3 Å². The molecule has 1 amide bonds. The third-order valence-corrected chi connectivity index (χ3v) is 7.20. The fourth-order valence-electron chi connectivity index (χ4n) is 4.44. The molecule has 0 fully saturated rings. The summed E-state index contributed by atoms with van der Waals surface area (Å²) >= 11 is 9.83. The molecule has 202 valence electrons. The van der Waals surface area contributed by atoms with Crippen molar-refractivity contribution >= 4 is 61.5 Å². The fraction of sp³-hybridized carbons (Fsp3) is 0.129. The molecule has 1 heterocycles. The number of amides is 1. The number of aromatic nitrogens is 1. The number of benzene rings is 4. The summed E-state index contributed by atoms with van der Waals surface area (Å²) in [6, 6.07) is 25.6. The third kappa shape index (κ3) is 5.88. The van der Waals surface area contributed by atoms with Gasteiger partial charge < -0.3 is 14.0 Å². The summed E-state index contributed by atoms with van der Waals surface area (Å²) in [6.45, 7) is 2.59. The van der Waals surface area contributed by atoms with E-state index in [0.717, 1.165) is 5.56 Å². The van der Waals surface area contributed by atoms with Crippen LogP contribution in [-0.4, -0.2) is 23.3 Å². The highest BCUT2D eigenvalue weighted by Crippen LogP contribution is 2.37. The molecule has 0 spiro atoms. The smallest absolute Gasteiger partial charge is 0.260 e. The number of pyridine rings is 1. The van der Waals surface area contributed by atoms with E-state index < -0.39 is 0 Å². The van der Waals surface area contributed by atoms with Gasteiger partial charge in [-0.1, -0.05) is 54.1 Å². The zero-order valence-corrected chi connectivity index (χ0v) is 23.9. The summed E-state index contributed by atoms with van der Waals surface area (Å²) in [7, 11) is 0. The Balaban J connectivity index is 1.34. The molecule has 1 aromatic heterocycles. The number of ether oxygens (including phenoxy) is 2. The number of carbonyl (C=O) groups excluding carboxylic acids is 1. The maximum absolute atomic E-state index is 12.9. The minimum Gasteiger partial charge on any atom is -0.490 e. The molecule has 0 bridgehead atoms. The first kappa shape index (κ1) is 27.4. The SMILES string of the molecule is CCOc1cc(/C=N\NC(=O)Cn2c3ccccc3c(=O)c3ccccc32)cc(Br)c1OCc1ccccc1Cl. The number of nitrogens with one attached hydrogen (secondary N) is 1. The predicted molar refractivity (Wildman–Crippen MR) is 163 cm³/mol. The minimum absolute atomic E-state index is 0.0125. The van der Waals surface area contributed by atoms with Gasteiger partial charge >= 0.3 is 0 Å². The van der Waals surface area contributed by atoms with E-state index in [0.29, 0.717) is 55.0 Å². The van der Waals surface area contributed by atoms with E-state index in [9.17, 15) is 9.59 Å². The summed E-state index contributed by atoms with van der Waals surface area (Å²) < 4.78 is 14.3. The first-order valence-electron chi connectivity index (χ1n) is 12.6. The number of fused-ring (bicyclic) bond motifs is 2. The fourth-order valence-corrected chi connectivity index (χ4v) is 5.20. The standard InChI is InChI=1S/C31H25BrClN3O4/c1-2-39-28-16-20(15-24(32)31(28)40-19-21-9-3-6-12-25(21)33)17-34-35-29(37)18-36-26-13-7-4-10-22(26)30(38)23-11-5-8-14-27(23)36/h3-17H,2,18-19H2,1H3,(H,35,37)/b34-17-. The Bertz CT molecular complexity index is 1740. The van der Waals surface area contributed by atoms with Crippen molar-refractivity contribution in [2.75, 3.05) is 6.61 Å². The van der Waals surface area contributed by atoms with Crippen molar-refractivity contribution in [3.63, 3.8) is 0 Å². The van der Waals surface area contributed by atoms with Crippen molar-refractivity contribution in [1.29, 1.82) is 0 Å². The molecule has 0 radical (unpaired) electrons. The summed E-state index contributed by atoms with van der Waals surface area (Å²) in [6.07, 6.45) is 1.53. The number of hydrogen-bond acceptors (Lipinski definition) is 5. The topological polar surface area (TPSA) is 81.9 Å². The van der Waals surface area contributed by atoms with Crippen LogP contribution in [0.5, 0.6) is 11.5 Å². The second-order valence-electron chi connectivity index (χ2n) is 8.89. The lowest BCUT2D eigenvalue weighted by atomic mass is 10.1. The van der Waals surface area contributed by atoms with E-state index in [4.69, 9.17) is 21.1 Å².